The molecule has 0 radical (unpaired) electrons. The summed E-state index contributed by atoms with van der Waals surface area (Å²) in [4.78, 5) is 4.26. The van der Waals surface area contributed by atoms with Crippen LogP contribution in [0.4, 0.5) is 0 Å². The van der Waals surface area contributed by atoms with Crippen LogP contribution in [0.15, 0.2) is 23.2 Å². The molecule has 0 aliphatic rings. The zero-order valence-electron chi connectivity index (χ0n) is 16.5. The molecule has 144 valence electrons. The van der Waals surface area contributed by atoms with E-state index >= 15 is 0 Å². The maximum absolute atomic E-state index is 5.91. The molecule has 0 bridgehead atoms. The third-order valence-electron chi connectivity index (χ3n) is 4.36. The molecule has 2 N–H and O–H groups in total. The van der Waals surface area contributed by atoms with Gasteiger partial charge in [-0.3, -0.25) is 9.67 Å². The number of benzene rings is 1. The van der Waals surface area contributed by atoms with E-state index in [1.807, 2.05) is 24.7 Å². The highest BCUT2D eigenvalue weighted by Gasteiger charge is 2.09. The van der Waals surface area contributed by atoms with Gasteiger partial charge < -0.3 is 15.4 Å². The molecule has 6 nitrogen and oxygen atoms in total. The smallest absolute Gasteiger partial charge is 0.191 e. The number of aliphatic imine (C=N–C) groups is 1. The van der Waals surface area contributed by atoms with Crippen LogP contribution < -0.4 is 15.4 Å². The van der Waals surface area contributed by atoms with E-state index in [2.05, 4.69) is 53.6 Å². The first kappa shape index (κ1) is 22.3. The van der Waals surface area contributed by atoms with Crippen LogP contribution in [0.1, 0.15) is 28.1 Å². The lowest BCUT2D eigenvalue weighted by Crippen LogP contribution is -2.39. The van der Waals surface area contributed by atoms with Gasteiger partial charge >= 0.3 is 0 Å². The highest BCUT2D eigenvalue weighted by molar-refractivity contribution is 14.0. The van der Waals surface area contributed by atoms with E-state index < -0.39 is 0 Å². The SMILES string of the molecule is CN=C(NCCOc1c(C)cccc1C)NCc1c(C)nn(C)c1C.I. The normalized spacial score (nSPS) is 11.1. The molecular weight excluding hydrogens is 441 g/mol. The fourth-order valence-electron chi connectivity index (χ4n) is 2.82. The van der Waals surface area contributed by atoms with Crippen LogP contribution >= 0.6 is 24.0 Å². The number of aryl methyl sites for hydroxylation is 4. The number of aromatic nitrogens is 2. The van der Waals surface area contributed by atoms with Crippen molar-refractivity contribution in [2.45, 2.75) is 34.2 Å². The first-order valence-corrected chi connectivity index (χ1v) is 8.56. The highest BCUT2D eigenvalue weighted by Crippen LogP contribution is 2.21. The minimum atomic E-state index is 0. The average molecular weight is 471 g/mol. The summed E-state index contributed by atoms with van der Waals surface area (Å²) < 4.78 is 7.81. The molecule has 26 heavy (non-hydrogen) atoms. The Kier molecular flexibility index (Phi) is 8.91. The Labute approximate surface area is 173 Å². The lowest BCUT2D eigenvalue weighted by atomic mass is 10.1. The first-order valence-electron chi connectivity index (χ1n) is 8.56. The zero-order valence-corrected chi connectivity index (χ0v) is 18.8. The fourth-order valence-corrected chi connectivity index (χ4v) is 2.82. The quantitative estimate of drug-likeness (QED) is 0.294. The Morgan fingerprint density at radius 1 is 1.15 bits per heavy atom. The molecular formula is C19H30IN5O. The maximum Gasteiger partial charge on any atom is 0.191 e. The van der Waals surface area contributed by atoms with E-state index in [1.54, 1.807) is 7.05 Å². The summed E-state index contributed by atoms with van der Waals surface area (Å²) in [5.41, 5.74) is 5.73. The van der Waals surface area contributed by atoms with Gasteiger partial charge in [-0.25, -0.2) is 0 Å². The van der Waals surface area contributed by atoms with E-state index in [0.29, 0.717) is 19.7 Å². The molecule has 0 saturated carbocycles. The second-order valence-electron chi connectivity index (χ2n) is 6.19. The number of nitrogens with zero attached hydrogens (tertiary/aromatic N) is 3. The minimum Gasteiger partial charge on any atom is -0.491 e. The van der Waals surface area contributed by atoms with Crippen molar-refractivity contribution >= 4 is 29.9 Å². The van der Waals surface area contributed by atoms with Gasteiger partial charge in [-0.05, 0) is 38.8 Å². The van der Waals surface area contributed by atoms with Gasteiger partial charge in [-0.2, -0.15) is 5.10 Å². The predicted molar refractivity (Wildman–Crippen MR) is 118 cm³/mol. The van der Waals surface area contributed by atoms with Crippen molar-refractivity contribution < 1.29 is 4.74 Å². The summed E-state index contributed by atoms with van der Waals surface area (Å²) in [5.74, 6) is 1.72. The third kappa shape index (κ3) is 5.62. The molecule has 0 spiro atoms. The molecule has 0 fully saturated rings. The van der Waals surface area contributed by atoms with Crippen molar-refractivity contribution in [1.82, 2.24) is 20.4 Å². The molecule has 0 atom stereocenters. The lowest BCUT2D eigenvalue weighted by molar-refractivity contribution is 0.317. The fraction of sp³-hybridized carbons (Fsp3) is 0.474. The monoisotopic (exact) mass is 471 g/mol. The van der Waals surface area contributed by atoms with E-state index in [9.17, 15) is 0 Å². The Morgan fingerprint density at radius 2 is 1.81 bits per heavy atom. The van der Waals surface area contributed by atoms with Crippen LogP contribution in [-0.4, -0.2) is 35.9 Å². The van der Waals surface area contributed by atoms with Gasteiger partial charge in [-0.15, -0.1) is 24.0 Å². The number of rotatable bonds is 6. The summed E-state index contributed by atoms with van der Waals surface area (Å²) in [6.45, 7) is 10.2. The van der Waals surface area contributed by atoms with Crippen molar-refractivity contribution in [3.8, 4) is 5.75 Å². The van der Waals surface area contributed by atoms with Gasteiger partial charge in [0.15, 0.2) is 5.96 Å². The Morgan fingerprint density at radius 3 is 2.35 bits per heavy atom. The molecule has 1 aromatic heterocycles. The van der Waals surface area contributed by atoms with Crippen LogP contribution in [0.5, 0.6) is 5.75 Å². The first-order chi connectivity index (χ1) is 11.9. The molecule has 0 amide bonds. The number of ether oxygens (including phenoxy) is 1. The van der Waals surface area contributed by atoms with Gasteiger partial charge in [0.1, 0.15) is 12.4 Å². The average Bonchev–Trinajstić information content (AvgIpc) is 2.82. The number of halogens is 1. The van der Waals surface area contributed by atoms with Gasteiger partial charge in [0.2, 0.25) is 0 Å². The minimum absolute atomic E-state index is 0. The number of hydrogen-bond acceptors (Lipinski definition) is 3. The van der Waals surface area contributed by atoms with Gasteiger partial charge in [0, 0.05) is 31.9 Å². The van der Waals surface area contributed by atoms with Crippen LogP contribution in [0, 0.1) is 27.7 Å². The predicted octanol–water partition coefficient (Wildman–Crippen LogP) is 3.02. The number of guanidine groups is 1. The van der Waals surface area contributed by atoms with E-state index in [1.165, 1.54) is 11.3 Å². The van der Waals surface area contributed by atoms with Gasteiger partial charge in [-0.1, -0.05) is 18.2 Å². The van der Waals surface area contributed by atoms with Crippen molar-refractivity contribution in [2.75, 3.05) is 20.2 Å². The molecule has 7 heteroatoms. The molecule has 0 saturated heterocycles. The topological polar surface area (TPSA) is 63.5 Å². The Balaban J connectivity index is 0.00000338. The van der Waals surface area contributed by atoms with Crippen molar-refractivity contribution in [3.05, 3.63) is 46.3 Å². The maximum atomic E-state index is 5.91. The summed E-state index contributed by atoms with van der Waals surface area (Å²) >= 11 is 0. The van der Waals surface area contributed by atoms with Crippen LogP contribution in [-0.2, 0) is 13.6 Å². The van der Waals surface area contributed by atoms with Crippen LogP contribution in [0.3, 0.4) is 0 Å². The summed E-state index contributed by atoms with van der Waals surface area (Å²) in [6.07, 6.45) is 0. The van der Waals surface area contributed by atoms with Crippen molar-refractivity contribution in [2.24, 2.45) is 12.0 Å². The summed E-state index contributed by atoms with van der Waals surface area (Å²) in [7, 11) is 3.73. The summed E-state index contributed by atoms with van der Waals surface area (Å²) in [6, 6.07) is 6.17. The molecule has 0 aliphatic carbocycles. The van der Waals surface area contributed by atoms with E-state index in [4.69, 9.17) is 4.74 Å². The number of nitrogens with one attached hydrogen (secondary N) is 2. The molecule has 1 heterocycles. The number of para-hydroxylation sites is 1. The van der Waals surface area contributed by atoms with Crippen LogP contribution in [0.25, 0.3) is 0 Å². The molecule has 2 aromatic rings. The lowest BCUT2D eigenvalue weighted by Gasteiger charge is -2.14. The Hall–Kier alpha value is -1.77. The summed E-state index contributed by atoms with van der Waals surface area (Å²) in [5, 5.41) is 11.0. The molecule has 2 rings (SSSR count). The standard InChI is InChI=1S/C19H29N5O.HI/c1-13-8-7-9-14(2)18(13)25-11-10-21-19(20-5)22-12-17-15(3)23-24(6)16(17)4;/h7-9H,10-12H2,1-6H3,(H2,20,21,22);1H. The third-order valence-corrected chi connectivity index (χ3v) is 4.36. The van der Waals surface area contributed by atoms with Crippen LogP contribution in [0.2, 0.25) is 0 Å². The van der Waals surface area contributed by atoms with E-state index in [-0.39, 0.29) is 24.0 Å². The second kappa shape index (κ2) is 10.4. The molecule has 0 aliphatic heterocycles. The highest BCUT2D eigenvalue weighted by atomic mass is 127. The van der Waals surface area contributed by atoms with Crippen molar-refractivity contribution in [3.63, 3.8) is 0 Å². The largest absolute Gasteiger partial charge is 0.491 e. The second-order valence-corrected chi connectivity index (χ2v) is 6.19. The number of hydrogen-bond donors (Lipinski definition) is 2. The van der Waals surface area contributed by atoms with E-state index in [0.717, 1.165) is 28.5 Å². The zero-order chi connectivity index (χ0) is 18.4. The van der Waals surface area contributed by atoms with Gasteiger partial charge in [0.05, 0.1) is 12.2 Å². The van der Waals surface area contributed by atoms with Crippen molar-refractivity contribution in [1.29, 1.82) is 0 Å². The molecule has 0 unspecified atom stereocenters. The Bertz CT molecular complexity index is 734. The molecule has 1 aromatic carbocycles. The van der Waals surface area contributed by atoms with Gasteiger partial charge in [0.25, 0.3) is 0 Å².